The first-order valence-electron chi connectivity index (χ1n) is 5.38. The molecule has 0 aliphatic heterocycles. The molecule has 17 heavy (non-hydrogen) atoms. The van der Waals surface area contributed by atoms with Gasteiger partial charge in [-0.15, -0.1) is 0 Å². The SMILES string of the molecule is CCn1cc(COc2cc(N)ccc2Br)cn1. The number of nitrogens with zero attached hydrogens (tertiary/aromatic N) is 2. The number of hydrogen-bond donors (Lipinski definition) is 1. The van der Waals surface area contributed by atoms with Gasteiger partial charge in [0, 0.05) is 30.1 Å². The van der Waals surface area contributed by atoms with Crippen LogP contribution in [-0.4, -0.2) is 9.78 Å². The molecule has 0 saturated heterocycles. The molecule has 0 spiro atoms. The third-order valence-corrected chi connectivity index (χ3v) is 3.02. The molecule has 2 rings (SSSR count). The zero-order valence-electron chi connectivity index (χ0n) is 9.56. The average molecular weight is 296 g/mol. The van der Waals surface area contributed by atoms with Crippen molar-refractivity contribution in [2.75, 3.05) is 5.73 Å². The van der Waals surface area contributed by atoms with Gasteiger partial charge in [0.1, 0.15) is 12.4 Å². The van der Waals surface area contributed by atoms with Crippen molar-refractivity contribution in [3.8, 4) is 5.75 Å². The van der Waals surface area contributed by atoms with Gasteiger partial charge in [0.2, 0.25) is 0 Å². The number of nitrogens with two attached hydrogens (primary N) is 1. The Bertz CT molecular complexity index is 510. The number of nitrogen functional groups attached to an aromatic ring is 1. The summed E-state index contributed by atoms with van der Waals surface area (Å²) in [7, 11) is 0. The molecule has 90 valence electrons. The van der Waals surface area contributed by atoms with Crippen LogP contribution < -0.4 is 10.5 Å². The molecule has 0 fully saturated rings. The lowest BCUT2D eigenvalue weighted by Gasteiger charge is -2.07. The van der Waals surface area contributed by atoms with E-state index in [0.717, 1.165) is 22.3 Å². The summed E-state index contributed by atoms with van der Waals surface area (Å²) in [5.74, 6) is 0.745. The van der Waals surface area contributed by atoms with E-state index in [0.29, 0.717) is 12.3 Å². The van der Waals surface area contributed by atoms with E-state index in [-0.39, 0.29) is 0 Å². The van der Waals surface area contributed by atoms with Gasteiger partial charge in [-0.3, -0.25) is 4.68 Å². The van der Waals surface area contributed by atoms with E-state index in [1.165, 1.54) is 0 Å². The van der Waals surface area contributed by atoms with Crippen LogP contribution in [0.1, 0.15) is 12.5 Å². The van der Waals surface area contributed by atoms with Crippen molar-refractivity contribution < 1.29 is 4.74 Å². The van der Waals surface area contributed by atoms with Crippen LogP contribution in [0.2, 0.25) is 0 Å². The van der Waals surface area contributed by atoms with Gasteiger partial charge in [-0.1, -0.05) is 0 Å². The van der Waals surface area contributed by atoms with Gasteiger partial charge in [0.25, 0.3) is 0 Å². The summed E-state index contributed by atoms with van der Waals surface area (Å²) in [5, 5.41) is 4.19. The molecule has 0 amide bonds. The van der Waals surface area contributed by atoms with Crippen LogP contribution in [0.4, 0.5) is 5.69 Å². The number of rotatable bonds is 4. The van der Waals surface area contributed by atoms with Crippen LogP contribution in [-0.2, 0) is 13.2 Å². The fourth-order valence-electron chi connectivity index (χ4n) is 1.45. The first-order valence-corrected chi connectivity index (χ1v) is 6.17. The molecule has 0 bridgehead atoms. The Balaban J connectivity index is 2.04. The second-order valence-corrected chi connectivity index (χ2v) is 4.54. The van der Waals surface area contributed by atoms with E-state index < -0.39 is 0 Å². The molecule has 5 heteroatoms. The highest BCUT2D eigenvalue weighted by Crippen LogP contribution is 2.27. The van der Waals surface area contributed by atoms with Crippen molar-refractivity contribution >= 4 is 21.6 Å². The van der Waals surface area contributed by atoms with Crippen LogP contribution in [0, 0.1) is 0 Å². The molecule has 0 unspecified atom stereocenters. The average Bonchev–Trinajstić information content (AvgIpc) is 2.78. The van der Waals surface area contributed by atoms with Gasteiger partial charge in [0.15, 0.2) is 0 Å². The Kier molecular flexibility index (Phi) is 3.68. The standard InChI is InChI=1S/C12H14BrN3O/c1-2-16-7-9(6-15-16)8-17-12-5-10(14)3-4-11(12)13/h3-7H,2,8,14H2,1H3. The molecule has 0 aliphatic carbocycles. The second-order valence-electron chi connectivity index (χ2n) is 3.68. The van der Waals surface area contributed by atoms with Gasteiger partial charge >= 0.3 is 0 Å². The summed E-state index contributed by atoms with van der Waals surface area (Å²) in [6, 6.07) is 5.50. The Hall–Kier alpha value is -1.49. The molecule has 0 saturated carbocycles. The first kappa shape index (κ1) is 12.0. The molecule has 1 heterocycles. The quantitative estimate of drug-likeness (QED) is 0.883. The Labute approximate surface area is 109 Å². The summed E-state index contributed by atoms with van der Waals surface area (Å²) < 4.78 is 8.45. The summed E-state index contributed by atoms with van der Waals surface area (Å²) in [6.07, 6.45) is 3.78. The second kappa shape index (κ2) is 5.23. The van der Waals surface area contributed by atoms with Crippen molar-refractivity contribution in [1.29, 1.82) is 0 Å². The molecule has 1 aromatic heterocycles. The number of aryl methyl sites for hydroxylation is 1. The predicted octanol–water partition coefficient (Wildman–Crippen LogP) is 2.83. The predicted molar refractivity (Wildman–Crippen MR) is 70.8 cm³/mol. The molecular weight excluding hydrogens is 282 g/mol. The number of anilines is 1. The van der Waals surface area contributed by atoms with Gasteiger partial charge in [-0.05, 0) is 35.0 Å². The molecule has 0 radical (unpaired) electrons. The minimum absolute atomic E-state index is 0.488. The Morgan fingerprint density at radius 3 is 3.00 bits per heavy atom. The number of benzene rings is 1. The Morgan fingerprint density at radius 2 is 2.29 bits per heavy atom. The van der Waals surface area contributed by atoms with Crippen LogP contribution in [0.3, 0.4) is 0 Å². The van der Waals surface area contributed by atoms with Gasteiger partial charge in [-0.2, -0.15) is 5.10 Å². The van der Waals surface area contributed by atoms with Crippen molar-refractivity contribution in [2.45, 2.75) is 20.1 Å². The van der Waals surface area contributed by atoms with Gasteiger partial charge in [0.05, 0.1) is 10.7 Å². The third-order valence-electron chi connectivity index (χ3n) is 2.36. The van der Waals surface area contributed by atoms with Crippen molar-refractivity contribution in [3.63, 3.8) is 0 Å². The monoisotopic (exact) mass is 295 g/mol. The lowest BCUT2D eigenvalue weighted by atomic mass is 10.3. The lowest BCUT2D eigenvalue weighted by Crippen LogP contribution is -1.96. The van der Waals surface area contributed by atoms with Crippen molar-refractivity contribution in [2.24, 2.45) is 0 Å². The molecule has 2 aromatic rings. The molecule has 0 atom stereocenters. The summed E-state index contributed by atoms with van der Waals surface area (Å²) >= 11 is 3.42. The lowest BCUT2D eigenvalue weighted by molar-refractivity contribution is 0.304. The third kappa shape index (κ3) is 3.00. The highest BCUT2D eigenvalue weighted by Gasteiger charge is 2.03. The van der Waals surface area contributed by atoms with Crippen LogP contribution in [0.25, 0.3) is 0 Å². The van der Waals surface area contributed by atoms with Crippen LogP contribution >= 0.6 is 15.9 Å². The maximum absolute atomic E-state index is 5.70. The normalized spacial score (nSPS) is 10.5. The number of aromatic nitrogens is 2. The maximum Gasteiger partial charge on any atom is 0.136 e. The van der Waals surface area contributed by atoms with Crippen molar-refractivity contribution in [3.05, 3.63) is 40.6 Å². The first-order chi connectivity index (χ1) is 8.19. The van der Waals surface area contributed by atoms with Gasteiger partial charge in [-0.25, -0.2) is 0 Å². The molecule has 0 aliphatic rings. The van der Waals surface area contributed by atoms with E-state index in [2.05, 4.69) is 21.0 Å². The summed E-state index contributed by atoms with van der Waals surface area (Å²) in [5.41, 5.74) is 7.44. The minimum Gasteiger partial charge on any atom is -0.488 e. The molecule has 1 aromatic carbocycles. The highest BCUT2D eigenvalue weighted by molar-refractivity contribution is 9.10. The van der Waals surface area contributed by atoms with E-state index in [1.807, 2.05) is 36.1 Å². The summed E-state index contributed by atoms with van der Waals surface area (Å²) in [4.78, 5) is 0. The largest absolute Gasteiger partial charge is 0.488 e. The number of halogens is 1. The molecular formula is C12H14BrN3O. The molecule has 2 N–H and O–H groups in total. The summed E-state index contributed by atoms with van der Waals surface area (Å²) in [6.45, 7) is 3.40. The number of hydrogen-bond acceptors (Lipinski definition) is 3. The zero-order chi connectivity index (χ0) is 12.3. The maximum atomic E-state index is 5.70. The van der Waals surface area contributed by atoms with E-state index in [1.54, 1.807) is 6.07 Å². The van der Waals surface area contributed by atoms with Crippen LogP contribution in [0.15, 0.2) is 35.1 Å². The topological polar surface area (TPSA) is 53.1 Å². The van der Waals surface area contributed by atoms with Gasteiger partial charge < -0.3 is 10.5 Å². The zero-order valence-corrected chi connectivity index (χ0v) is 11.1. The number of ether oxygens (including phenoxy) is 1. The Morgan fingerprint density at radius 1 is 1.47 bits per heavy atom. The van der Waals surface area contributed by atoms with Crippen LogP contribution in [0.5, 0.6) is 5.75 Å². The molecule has 4 nitrogen and oxygen atoms in total. The van der Waals surface area contributed by atoms with E-state index in [4.69, 9.17) is 10.5 Å². The van der Waals surface area contributed by atoms with E-state index in [9.17, 15) is 0 Å². The fourth-order valence-corrected chi connectivity index (χ4v) is 1.81. The minimum atomic E-state index is 0.488. The highest BCUT2D eigenvalue weighted by atomic mass is 79.9. The van der Waals surface area contributed by atoms with E-state index >= 15 is 0 Å². The smallest absolute Gasteiger partial charge is 0.136 e. The fraction of sp³-hybridized carbons (Fsp3) is 0.250. The van der Waals surface area contributed by atoms with Crippen molar-refractivity contribution in [1.82, 2.24) is 9.78 Å².